The van der Waals surface area contributed by atoms with Crippen molar-refractivity contribution in [2.75, 3.05) is 17.8 Å². The van der Waals surface area contributed by atoms with Crippen molar-refractivity contribution in [3.8, 4) is 11.8 Å². The Morgan fingerprint density at radius 2 is 2.21 bits per heavy atom. The zero-order valence-electron chi connectivity index (χ0n) is 16.3. The minimum absolute atomic E-state index is 0.207. The van der Waals surface area contributed by atoms with Crippen LogP contribution in [0.1, 0.15) is 25.1 Å². The molecule has 0 saturated heterocycles. The number of amidine groups is 1. The van der Waals surface area contributed by atoms with Gasteiger partial charge in [-0.05, 0) is 56.0 Å². The predicted molar refractivity (Wildman–Crippen MR) is 122 cm³/mol. The summed E-state index contributed by atoms with van der Waals surface area (Å²) >= 11 is 9.28. The lowest BCUT2D eigenvalue weighted by atomic mass is 9.93. The molecule has 0 saturated carbocycles. The van der Waals surface area contributed by atoms with Crippen LogP contribution in [-0.4, -0.2) is 23.9 Å². The van der Waals surface area contributed by atoms with Crippen LogP contribution in [0.15, 0.2) is 46.4 Å². The van der Waals surface area contributed by atoms with E-state index in [1.807, 2.05) is 31.4 Å². The number of aliphatic imine (C=N–C) groups is 1. The highest BCUT2D eigenvalue weighted by molar-refractivity contribution is 8.14. The molecule has 1 aromatic heterocycles. The number of halogens is 1. The van der Waals surface area contributed by atoms with Gasteiger partial charge < -0.3 is 4.74 Å². The number of benzene rings is 1. The molecule has 2 heterocycles. The Bertz CT molecular complexity index is 1010. The van der Waals surface area contributed by atoms with Gasteiger partial charge in [0.15, 0.2) is 5.17 Å². The Morgan fingerprint density at radius 3 is 2.83 bits per heavy atom. The van der Waals surface area contributed by atoms with E-state index >= 15 is 0 Å². The van der Waals surface area contributed by atoms with E-state index in [9.17, 15) is 10.1 Å². The van der Waals surface area contributed by atoms with Crippen molar-refractivity contribution in [3.63, 3.8) is 0 Å². The molecule has 5 nitrogen and oxygen atoms in total. The number of amides is 1. The number of hydrogen-bond acceptors (Lipinski definition) is 6. The molecule has 1 aliphatic rings. The van der Waals surface area contributed by atoms with E-state index in [1.165, 1.54) is 11.8 Å². The molecular weight excluding hydrogens is 426 g/mol. The number of methoxy groups -OCH3 is 1. The van der Waals surface area contributed by atoms with Crippen molar-refractivity contribution in [2.45, 2.75) is 20.3 Å². The van der Waals surface area contributed by atoms with Gasteiger partial charge in [-0.3, -0.25) is 9.69 Å². The molecule has 29 heavy (non-hydrogen) atoms. The highest BCUT2D eigenvalue weighted by Crippen LogP contribution is 2.35. The third kappa shape index (κ3) is 5.02. The Morgan fingerprint density at radius 1 is 1.41 bits per heavy atom. The lowest BCUT2D eigenvalue weighted by Gasteiger charge is -2.20. The van der Waals surface area contributed by atoms with Gasteiger partial charge in [0.1, 0.15) is 11.4 Å². The van der Waals surface area contributed by atoms with Crippen LogP contribution in [-0.2, 0) is 4.79 Å². The number of nitrogens with zero attached hydrogens (tertiary/aromatic N) is 3. The summed E-state index contributed by atoms with van der Waals surface area (Å²) in [5, 5.41) is 12.2. The molecule has 0 bridgehead atoms. The molecular formula is C21H20ClN3O2S2. The lowest BCUT2D eigenvalue weighted by molar-refractivity contribution is -0.113. The van der Waals surface area contributed by atoms with E-state index in [4.69, 9.17) is 16.3 Å². The van der Waals surface area contributed by atoms with Crippen LogP contribution >= 0.6 is 34.7 Å². The van der Waals surface area contributed by atoms with Gasteiger partial charge in [0.05, 0.1) is 29.3 Å². The number of ether oxygens (including phenoxy) is 1. The number of anilines is 1. The Balaban J connectivity index is 1.91. The highest BCUT2D eigenvalue weighted by Gasteiger charge is 2.33. The van der Waals surface area contributed by atoms with Gasteiger partial charge in [-0.25, -0.2) is 4.99 Å². The van der Waals surface area contributed by atoms with Crippen LogP contribution in [0.2, 0.25) is 5.02 Å². The standard InChI is InChI=1S/C21H20ClN3O2S2/c1-21(2,13-23)8-10-29-20-24-17(12-15-5-4-9-28-15)19(26)25(20)14-6-7-18(27-3)16(22)11-14/h4-7,9,11-12H,8,10H2,1-3H3/b17-12-. The molecule has 0 N–H and O–H groups in total. The molecule has 0 spiro atoms. The Hall–Kier alpha value is -2.27. The fraction of sp³-hybridized carbons (Fsp3) is 0.286. The van der Waals surface area contributed by atoms with E-state index in [1.54, 1.807) is 47.6 Å². The second-order valence-corrected chi connectivity index (χ2v) is 9.44. The average Bonchev–Trinajstić information content (AvgIpc) is 3.30. The van der Waals surface area contributed by atoms with Crippen LogP contribution in [0.4, 0.5) is 5.69 Å². The maximum atomic E-state index is 13.1. The van der Waals surface area contributed by atoms with Crippen molar-refractivity contribution in [2.24, 2.45) is 10.4 Å². The van der Waals surface area contributed by atoms with Gasteiger partial charge in [0.25, 0.3) is 5.91 Å². The first-order valence-electron chi connectivity index (χ1n) is 8.90. The third-order valence-corrected chi connectivity index (χ3v) is 6.36. The number of rotatable bonds is 6. The number of carbonyl (C=O) groups is 1. The van der Waals surface area contributed by atoms with Gasteiger partial charge >= 0.3 is 0 Å². The molecule has 0 radical (unpaired) electrons. The zero-order valence-corrected chi connectivity index (χ0v) is 18.7. The maximum Gasteiger partial charge on any atom is 0.283 e. The molecule has 3 rings (SSSR count). The van der Waals surface area contributed by atoms with Crippen LogP contribution in [0.25, 0.3) is 6.08 Å². The smallest absolute Gasteiger partial charge is 0.283 e. The summed E-state index contributed by atoms with van der Waals surface area (Å²) in [7, 11) is 1.55. The summed E-state index contributed by atoms with van der Waals surface area (Å²) in [6.07, 6.45) is 2.47. The molecule has 0 aliphatic carbocycles. The van der Waals surface area contributed by atoms with E-state index in [0.29, 0.717) is 39.5 Å². The van der Waals surface area contributed by atoms with Crippen molar-refractivity contribution in [1.29, 1.82) is 5.26 Å². The fourth-order valence-electron chi connectivity index (χ4n) is 2.58. The van der Waals surface area contributed by atoms with Crippen LogP contribution < -0.4 is 9.64 Å². The second kappa shape index (κ2) is 9.04. The minimum Gasteiger partial charge on any atom is -0.495 e. The summed E-state index contributed by atoms with van der Waals surface area (Å²) in [5.74, 6) is 0.999. The largest absolute Gasteiger partial charge is 0.495 e. The minimum atomic E-state index is -0.430. The van der Waals surface area contributed by atoms with E-state index in [-0.39, 0.29) is 5.91 Å². The number of thiophene rings is 1. The number of carbonyl (C=O) groups excluding carboxylic acids is 1. The van der Waals surface area contributed by atoms with Crippen LogP contribution in [0, 0.1) is 16.7 Å². The number of thioether (sulfide) groups is 1. The summed E-state index contributed by atoms with van der Waals surface area (Å²) in [6, 6.07) is 11.4. The van der Waals surface area contributed by atoms with Crippen molar-refractivity contribution < 1.29 is 9.53 Å². The summed E-state index contributed by atoms with van der Waals surface area (Å²) in [4.78, 5) is 20.2. The van der Waals surface area contributed by atoms with Crippen LogP contribution in [0.3, 0.4) is 0 Å². The summed E-state index contributed by atoms with van der Waals surface area (Å²) in [6.45, 7) is 3.80. The Kier molecular flexibility index (Phi) is 6.68. The molecule has 150 valence electrons. The average molecular weight is 446 g/mol. The SMILES string of the molecule is COc1ccc(N2C(=O)/C(=C/c3cccs3)N=C2SCCC(C)(C)C#N)cc1Cl. The van der Waals surface area contributed by atoms with Crippen LogP contribution in [0.5, 0.6) is 5.75 Å². The summed E-state index contributed by atoms with van der Waals surface area (Å²) < 4.78 is 5.21. The first kappa shape index (κ1) is 21.4. The van der Waals surface area contributed by atoms with E-state index < -0.39 is 5.41 Å². The first-order chi connectivity index (χ1) is 13.8. The molecule has 8 heteroatoms. The Labute approximate surface area is 183 Å². The predicted octanol–water partition coefficient (Wildman–Crippen LogP) is 5.83. The molecule has 0 fully saturated rings. The summed E-state index contributed by atoms with van der Waals surface area (Å²) in [5.41, 5.74) is 0.572. The van der Waals surface area contributed by atoms with Crippen molar-refractivity contribution >= 4 is 57.5 Å². The topological polar surface area (TPSA) is 65.7 Å². The molecule has 0 unspecified atom stereocenters. The highest BCUT2D eigenvalue weighted by atomic mass is 35.5. The monoisotopic (exact) mass is 445 g/mol. The fourth-order valence-corrected chi connectivity index (χ4v) is 4.75. The van der Waals surface area contributed by atoms with Gasteiger partial charge in [0.2, 0.25) is 0 Å². The van der Waals surface area contributed by atoms with Gasteiger partial charge in [-0.15, -0.1) is 11.3 Å². The number of nitriles is 1. The lowest BCUT2D eigenvalue weighted by Crippen LogP contribution is -2.30. The van der Waals surface area contributed by atoms with E-state index in [0.717, 1.165) is 4.88 Å². The third-order valence-electron chi connectivity index (χ3n) is 4.31. The second-order valence-electron chi connectivity index (χ2n) is 6.99. The van der Waals surface area contributed by atoms with Crippen molar-refractivity contribution in [3.05, 3.63) is 51.3 Å². The van der Waals surface area contributed by atoms with Gasteiger partial charge in [0, 0.05) is 10.6 Å². The first-order valence-corrected chi connectivity index (χ1v) is 11.1. The van der Waals surface area contributed by atoms with Gasteiger partial charge in [-0.2, -0.15) is 5.26 Å². The molecule has 1 aromatic carbocycles. The normalized spacial score (nSPS) is 15.6. The zero-order chi connectivity index (χ0) is 21.0. The number of hydrogen-bond donors (Lipinski definition) is 0. The molecule has 2 aromatic rings. The molecule has 1 aliphatic heterocycles. The van der Waals surface area contributed by atoms with E-state index in [2.05, 4.69) is 11.1 Å². The van der Waals surface area contributed by atoms with Crippen molar-refractivity contribution in [1.82, 2.24) is 0 Å². The molecule has 0 atom stereocenters. The quantitative estimate of drug-likeness (QED) is 0.525. The van der Waals surface area contributed by atoms with Gasteiger partial charge in [-0.1, -0.05) is 29.4 Å². The molecule has 1 amide bonds. The maximum absolute atomic E-state index is 13.1.